The van der Waals surface area contributed by atoms with Crippen molar-refractivity contribution in [1.29, 1.82) is 0 Å². The van der Waals surface area contributed by atoms with Gasteiger partial charge in [-0.05, 0) is 53.1 Å². The molecule has 0 bridgehead atoms. The Morgan fingerprint density at radius 2 is 1.49 bits per heavy atom. The second kappa shape index (κ2) is 10.9. The Balaban J connectivity index is 1.59. The van der Waals surface area contributed by atoms with Gasteiger partial charge in [-0.1, -0.05) is 54.6 Å². The van der Waals surface area contributed by atoms with E-state index in [-0.39, 0.29) is 24.4 Å². The molecule has 1 heterocycles. The van der Waals surface area contributed by atoms with Crippen LogP contribution >= 0.6 is 0 Å². The molecule has 8 heteroatoms. The van der Waals surface area contributed by atoms with Crippen molar-refractivity contribution >= 4 is 16.0 Å². The van der Waals surface area contributed by atoms with E-state index in [0.29, 0.717) is 22.6 Å². The van der Waals surface area contributed by atoms with E-state index in [9.17, 15) is 13.2 Å². The minimum absolute atomic E-state index is 0.0763. The number of carboxylic acids is 1. The maximum absolute atomic E-state index is 13.5. The Bertz CT molecular complexity index is 1380. The molecule has 0 aliphatic heterocycles. The predicted molar refractivity (Wildman–Crippen MR) is 131 cm³/mol. The van der Waals surface area contributed by atoms with Crippen molar-refractivity contribution in [2.45, 2.75) is 24.4 Å². The van der Waals surface area contributed by atoms with E-state index in [4.69, 9.17) is 9.84 Å². The topological polar surface area (TPSA) is 96.8 Å². The van der Waals surface area contributed by atoms with E-state index < -0.39 is 16.0 Å². The lowest BCUT2D eigenvalue weighted by molar-refractivity contribution is -0.136. The van der Waals surface area contributed by atoms with Crippen LogP contribution in [-0.4, -0.2) is 28.8 Å². The number of para-hydroxylation sites is 1. The van der Waals surface area contributed by atoms with Gasteiger partial charge in [0.15, 0.2) is 0 Å². The summed E-state index contributed by atoms with van der Waals surface area (Å²) < 4.78 is 34.1. The maximum Gasteiger partial charge on any atom is 0.307 e. The molecule has 0 amide bonds. The summed E-state index contributed by atoms with van der Waals surface area (Å²) in [4.78, 5) is 15.2. The van der Waals surface area contributed by atoms with E-state index in [2.05, 4.69) is 4.98 Å². The van der Waals surface area contributed by atoms with Crippen molar-refractivity contribution in [3.63, 3.8) is 0 Å². The molecule has 0 aliphatic rings. The standard InChI is InChI=1S/C27H24N2O5S/c30-27(31)17-22-6-4-7-23(16-22)20-29(35(32,33)26-10-5-15-28-18-26)19-21-11-13-25(14-12-21)34-24-8-2-1-3-9-24/h1-16,18H,17,19-20H2,(H,30,31). The predicted octanol–water partition coefficient (Wildman–Crippen LogP) is 4.89. The van der Waals surface area contributed by atoms with Crippen LogP contribution in [0.1, 0.15) is 16.7 Å². The van der Waals surface area contributed by atoms with Crippen molar-refractivity contribution in [3.8, 4) is 11.5 Å². The lowest BCUT2D eigenvalue weighted by Crippen LogP contribution is -2.30. The number of carboxylic acid groups (broad SMARTS) is 1. The number of pyridine rings is 1. The molecule has 0 saturated heterocycles. The van der Waals surface area contributed by atoms with Crippen LogP contribution in [-0.2, 0) is 34.3 Å². The van der Waals surface area contributed by atoms with Gasteiger partial charge in [0.2, 0.25) is 10.0 Å². The van der Waals surface area contributed by atoms with Gasteiger partial charge in [0.25, 0.3) is 0 Å². The van der Waals surface area contributed by atoms with Gasteiger partial charge in [-0.15, -0.1) is 0 Å². The normalized spacial score (nSPS) is 11.3. The van der Waals surface area contributed by atoms with Gasteiger partial charge in [-0.25, -0.2) is 8.42 Å². The van der Waals surface area contributed by atoms with E-state index >= 15 is 0 Å². The van der Waals surface area contributed by atoms with Gasteiger partial charge >= 0.3 is 5.97 Å². The number of nitrogens with zero attached hydrogens (tertiary/aromatic N) is 2. The Morgan fingerprint density at radius 3 is 2.17 bits per heavy atom. The summed E-state index contributed by atoms with van der Waals surface area (Å²) >= 11 is 0. The average Bonchev–Trinajstić information content (AvgIpc) is 2.86. The molecule has 0 aliphatic carbocycles. The van der Waals surface area contributed by atoms with Crippen LogP contribution in [0.4, 0.5) is 0 Å². The zero-order chi connectivity index (χ0) is 24.7. The number of benzene rings is 3. The number of ether oxygens (including phenoxy) is 1. The lowest BCUT2D eigenvalue weighted by atomic mass is 10.1. The number of sulfonamides is 1. The highest BCUT2D eigenvalue weighted by atomic mass is 32.2. The molecular formula is C27H24N2O5S. The van der Waals surface area contributed by atoms with Crippen LogP contribution in [0, 0.1) is 0 Å². The molecule has 1 aromatic heterocycles. The molecule has 178 valence electrons. The molecule has 0 unspecified atom stereocenters. The number of rotatable bonds is 10. The molecule has 0 radical (unpaired) electrons. The summed E-state index contributed by atoms with van der Waals surface area (Å²) in [5.74, 6) is 0.407. The first kappa shape index (κ1) is 24.1. The summed E-state index contributed by atoms with van der Waals surface area (Å²) in [5, 5.41) is 9.10. The van der Waals surface area contributed by atoms with Gasteiger partial charge in [-0.3, -0.25) is 9.78 Å². The van der Waals surface area contributed by atoms with Gasteiger partial charge in [0.05, 0.1) is 6.42 Å². The van der Waals surface area contributed by atoms with Crippen molar-refractivity contribution in [2.75, 3.05) is 0 Å². The van der Waals surface area contributed by atoms with E-state index in [1.807, 2.05) is 42.5 Å². The van der Waals surface area contributed by atoms with Crippen molar-refractivity contribution in [2.24, 2.45) is 0 Å². The Labute approximate surface area is 204 Å². The van der Waals surface area contributed by atoms with Crippen molar-refractivity contribution < 1.29 is 23.1 Å². The lowest BCUT2D eigenvalue weighted by Gasteiger charge is -2.23. The highest BCUT2D eigenvalue weighted by Crippen LogP contribution is 2.24. The second-order valence-electron chi connectivity index (χ2n) is 7.91. The third-order valence-corrected chi connectivity index (χ3v) is 7.01. The molecule has 4 aromatic rings. The zero-order valence-corrected chi connectivity index (χ0v) is 19.6. The third kappa shape index (κ3) is 6.53. The van der Waals surface area contributed by atoms with Gasteiger partial charge < -0.3 is 9.84 Å². The fourth-order valence-electron chi connectivity index (χ4n) is 3.58. The van der Waals surface area contributed by atoms with Gasteiger partial charge in [-0.2, -0.15) is 4.31 Å². The molecule has 0 saturated carbocycles. The minimum Gasteiger partial charge on any atom is -0.481 e. The Morgan fingerprint density at radius 1 is 0.800 bits per heavy atom. The monoisotopic (exact) mass is 488 g/mol. The fourth-order valence-corrected chi connectivity index (χ4v) is 4.96. The fraction of sp³-hybridized carbons (Fsp3) is 0.111. The van der Waals surface area contributed by atoms with Crippen LogP contribution in [0.15, 0.2) is 108 Å². The summed E-state index contributed by atoms with van der Waals surface area (Å²) in [6.07, 6.45) is 2.70. The molecule has 1 N–H and O–H groups in total. The van der Waals surface area contributed by atoms with E-state index in [1.54, 1.807) is 42.5 Å². The average molecular weight is 489 g/mol. The first-order valence-corrected chi connectivity index (χ1v) is 12.4. The summed E-state index contributed by atoms with van der Waals surface area (Å²) in [6.45, 7) is 0.193. The first-order valence-electron chi connectivity index (χ1n) is 10.9. The minimum atomic E-state index is -3.87. The van der Waals surface area contributed by atoms with E-state index in [0.717, 1.165) is 5.56 Å². The smallest absolute Gasteiger partial charge is 0.307 e. The summed E-state index contributed by atoms with van der Waals surface area (Å²) in [5.41, 5.74) is 2.08. The molecule has 4 rings (SSSR count). The third-order valence-electron chi connectivity index (χ3n) is 5.24. The molecule has 0 atom stereocenters. The largest absolute Gasteiger partial charge is 0.481 e. The number of hydrogen-bond donors (Lipinski definition) is 1. The van der Waals surface area contributed by atoms with Crippen molar-refractivity contribution in [1.82, 2.24) is 9.29 Å². The van der Waals surface area contributed by atoms with Crippen LogP contribution in [0.5, 0.6) is 11.5 Å². The zero-order valence-electron chi connectivity index (χ0n) is 18.8. The molecule has 0 spiro atoms. The maximum atomic E-state index is 13.5. The number of aromatic nitrogens is 1. The SMILES string of the molecule is O=C(O)Cc1cccc(CN(Cc2ccc(Oc3ccccc3)cc2)S(=O)(=O)c2cccnc2)c1. The number of aliphatic carboxylic acids is 1. The molecule has 3 aromatic carbocycles. The Hall–Kier alpha value is -4.01. The number of hydrogen-bond acceptors (Lipinski definition) is 5. The van der Waals surface area contributed by atoms with Gasteiger partial charge in [0.1, 0.15) is 16.4 Å². The highest BCUT2D eigenvalue weighted by molar-refractivity contribution is 7.89. The highest BCUT2D eigenvalue weighted by Gasteiger charge is 2.25. The van der Waals surface area contributed by atoms with Crippen molar-refractivity contribution in [3.05, 3.63) is 120 Å². The number of carbonyl (C=O) groups is 1. The van der Waals surface area contributed by atoms with Crippen LogP contribution in [0.25, 0.3) is 0 Å². The molecule has 35 heavy (non-hydrogen) atoms. The molecule has 7 nitrogen and oxygen atoms in total. The first-order chi connectivity index (χ1) is 16.9. The Kier molecular flexibility index (Phi) is 7.54. The quantitative estimate of drug-likeness (QED) is 0.341. The van der Waals surface area contributed by atoms with E-state index in [1.165, 1.54) is 22.8 Å². The van der Waals surface area contributed by atoms with Crippen LogP contribution < -0.4 is 4.74 Å². The second-order valence-corrected chi connectivity index (χ2v) is 9.85. The molecule has 0 fully saturated rings. The van der Waals surface area contributed by atoms with Crippen LogP contribution in [0.2, 0.25) is 0 Å². The molecular weight excluding hydrogens is 464 g/mol. The summed E-state index contributed by atoms with van der Waals surface area (Å²) in [7, 11) is -3.87. The van der Waals surface area contributed by atoms with Crippen LogP contribution in [0.3, 0.4) is 0 Å². The van der Waals surface area contributed by atoms with Gasteiger partial charge in [0, 0.05) is 25.5 Å². The summed E-state index contributed by atoms with van der Waals surface area (Å²) in [6, 6.07) is 26.7.